The molecule has 3 nitrogen and oxygen atoms in total. The molecule has 1 atom stereocenters. The van der Waals surface area contributed by atoms with E-state index in [-0.39, 0.29) is 6.42 Å². The van der Waals surface area contributed by atoms with E-state index in [1.807, 2.05) is 48.5 Å². The van der Waals surface area contributed by atoms with Crippen LogP contribution in [0.1, 0.15) is 5.56 Å². The van der Waals surface area contributed by atoms with Crippen LogP contribution in [0.15, 0.2) is 66.7 Å². The van der Waals surface area contributed by atoms with Crippen LogP contribution in [0.4, 0.5) is 0 Å². The number of carbonyl (C=O) groups is 1. The summed E-state index contributed by atoms with van der Waals surface area (Å²) in [6, 6.07) is 20.5. The highest BCUT2D eigenvalue weighted by Crippen LogP contribution is 2.22. The number of carboxylic acids is 1. The predicted molar refractivity (Wildman–Crippen MR) is 91.2 cm³/mol. The minimum Gasteiger partial charge on any atom is -0.478 e. The summed E-state index contributed by atoms with van der Waals surface area (Å²) in [5, 5.41) is 12.1. The Morgan fingerprint density at radius 2 is 1.70 bits per heavy atom. The van der Waals surface area contributed by atoms with Gasteiger partial charge in [-0.3, -0.25) is 0 Å². The van der Waals surface area contributed by atoms with E-state index in [0.717, 1.165) is 16.3 Å². The first kappa shape index (κ1) is 15.4. The third-order valence-corrected chi connectivity index (χ3v) is 3.86. The summed E-state index contributed by atoms with van der Waals surface area (Å²) < 4.78 is 5.69. The zero-order valence-corrected chi connectivity index (χ0v) is 13.0. The summed E-state index contributed by atoms with van der Waals surface area (Å²) in [5.41, 5.74) is 0.864. The van der Waals surface area contributed by atoms with Gasteiger partial charge in [0.25, 0.3) is 0 Å². The molecule has 3 aromatic rings. The Hall–Kier alpha value is -2.52. The lowest BCUT2D eigenvalue weighted by Crippen LogP contribution is -2.29. The van der Waals surface area contributed by atoms with Gasteiger partial charge >= 0.3 is 5.97 Å². The summed E-state index contributed by atoms with van der Waals surface area (Å²) in [7, 11) is 0. The molecule has 0 radical (unpaired) electrons. The molecule has 0 heterocycles. The number of ether oxygens (including phenoxy) is 1. The van der Waals surface area contributed by atoms with Gasteiger partial charge in [-0.2, -0.15) is 0 Å². The number of aliphatic carboxylic acids is 1. The van der Waals surface area contributed by atoms with Crippen molar-refractivity contribution in [3.8, 4) is 5.75 Å². The van der Waals surface area contributed by atoms with Gasteiger partial charge in [0.1, 0.15) is 5.75 Å². The van der Waals surface area contributed by atoms with Crippen molar-refractivity contribution in [1.29, 1.82) is 0 Å². The van der Waals surface area contributed by atoms with E-state index in [2.05, 4.69) is 0 Å². The lowest BCUT2D eigenvalue weighted by atomic mass is 10.1. The highest BCUT2D eigenvalue weighted by Gasteiger charge is 2.20. The fourth-order valence-corrected chi connectivity index (χ4v) is 2.54. The molecule has 0 fully saturated rings. The molecule has 0 saturated heterocycles. The summed E-state index contributed by atoms with van der Waals surface area (Å²) in [5.74, 6) is -0.446. The van der Waals surface area contributed by atoms with Gasteiger partial charge in [-0.25, -0.2) is 4.79 Å². The number of fused-ring (bicyclic) bond motifs is 1. The zero-order chi connectivity index (χ0) is 16.2. The molecule has 0 aromatic heterocycles. The van der Waals surface area contributed by atoms with E-state index in [0.29, 0.717) is 10.8 Å². The minimum absolute atomic E-state index is 0.277. The van der Waals surface area contributed by atoms with Crippen molar-refractivity contribution in [2.45, 2.75) is 12.5 Å². The maximum atomic E-state index is 11.5. The second-order valence-corrected chi connectivity index (χ2v) is 5.72. The molecular formula is C19H15ClO3. The quantitative estimate of drug-likeness (QED) is 0.747. The molecule has 0 amide bonds. The van der Waals surface area contributed by atoms with Crippen molar-refractivity contribution in [3.63, 3.8) is 0 Å². The molecule has 3 aromatic carbocycles. The highest BCUT2D eigenvalue weighted by molar-refractivity contribution is 6.30. The Morgan fingerprint density at radius 1 is 1.00 bits per heavy atom. The molecule has 23 heavy (non-hydrogen) atoms. The molecule has 0 unspecified atom stereocenters. The molecule has 4 heteroatoms. The van der Waals surface area contributed by atoms with Crippen molar-refractivity contribution in [3.05, 3.63) is 77.3 Å². The van der Waals surface area contributed by atoms with Crippen LogP contribution in [0.5, 0.6) is 5.75 Å². The Morgan fingerprint density at radius 3 is 2.39 bits per heavy atom. The van der Waals surface area contributed by atoms with Crippen molar-refractivity contribution in [2.75, 3.05) is 0 Å². The van der Waals surface area contributed by atoms with E-state index < -0.39 is 12.1 Å². The van der Waals surface area contributed by atoms with Crippen LogP contribution in [0.2, 0.25) is 5.02 Å². The van der Waals surface area contributed by atoms with E-state index in [9.17, 15) is 9.90 Å². The van der Waals surface area contributed by atoms with Crippen molar-refractivity contribution in [1.82, 2.24) is 0 Å². The molecule has 0 saturated carbocycles. The Labute approximate surface area is 139 Å². The maximum Gasteiger partial charge on any atom is 0.345 e. The van der Waals surface area contributed by atoms with Gasteiger partial charge < -0.3 is 9.84 Å². The van der Waals surface area contributed by atoms with E-state index >= 15 is 0 Å². The maximum absolute atomic E-state index is 11.5. The number of halogens is 1. The monoisotopic (exact) mass is 326 g/mol. The normalized spacial score (nSPS) is 12.0. The van der Waals surface area contributed by atoms with Crippen molar-refractivity contribution in [2.24, 2.45) is 0 Å². The van der Waals surface area contributed by atoms with Gasteiger partial charge in [-0.05, 0) is 40.6 Å². The lowest BCUT2D eigenvalue weighted by Gasteiger charge is -2.16. The zero-order valence-electron chi connectivity index (χ0n) is 12.3. The lowest BCUT2D eigenvalue weighted by molar-refractivity contribution is -0.145. The molecule has 1 N–H and O–H groups in total. The SMILES string of the molecule is O=C(O)[C@H](Cc1ccc(Cl)cc1)Oc1ccc2ccccc2c1. The third kappa shape index (κ3) is 3.82. The summed E-state index contributed by atoms with van der Waals surface area (Å²) in [4.78, 5) is 11.5. The van der Waals surface area contributed by atoms with Crippen molar-refractivity contribution >= 4 is 28.3 Å². The molecule has 0 bridgehead atoms. The first-order valence-electron chi connectivity index (χ1n) is 7.24. The van der Waals surface area contributed by atoms with Crippen LogP contribution in [0.3, 0.4) is 0 Å². The standard InChI is InChI=1S/C19H15ClO3/c20-16-8-5-13(6-9-16)11-18(19(21)22)23-17-10-7-14-3-1-2-4-15(14)12-17/h1-10,12,18H,11H2,(H,21,22)/t18-/m0/s1. The fraction of sp³-hybridized carbons (Fsp3) is 0.105. The topological polar surface area (TPSA) is 46.5 Å². The number of hydrogen-bond acceptors (Lipinski definition) is 2. The van der Waals surface area contributed by atoms with Gasteiger partial charge in [-0.15, -0.1) is 0 Å². The number of benzene rings is 3. The Kier molecular flexibility index (Phi) is 4.49. The van der Waals surface area contributed by atoms with Gasteiger partial charge in [-0.1, -0.05) is 54.1 Å². The van der Waals surface area contributed by atoms with Gasteiger partial charge in [0, 0.05) is 11.4 Å². The first-order valence-corrected chi connectivity index (χ1v) is 7.62. The second-order valence-electron chi connectivity index (χ2n) is 5.28. The van der Waals surface area contributed by atoms with Crippen LogP contribution in [-0.4, -0.2) is 17.2 Å². The molecule has 0 aliphatic heterocycles. The molecule has 0 spiro atoms. The number of hydrogen-bond donors (Lipinski definition) is 1. The van der Waals surface area contributed by atoms with Crippen LogP contribution >= 0.6 is 11.6 Å². The fourth-order valence-electron chi connectivity index (χ4n) is 2.42. The number of rotatable bonds is 5. The van der Waals surface area contributed by atoms with Gasteiger partial charge in [0.15, 0.2) is 6.10 Å². The summed E-state index contributed by atoms with van der Waals surface area (Å²) in [6.45, 7) is 0. The summed E-state index contributed by atoms with van der Waals surface area (Å²) >= 11 is 5.85. The van der Waals surface area contributed by atoms with E-state index in [1.54, 1.807) is 18.2 Å². The van der Waals surface area contributed by atoms with Crippen LogP contribution in [0.25, 0.3) is 10.8 Å². The molecular weight excluding hydrogens is 312 g/mol. The first-order chi connectivity index (χ1) is 11.1. The summed E-state index contributed by atoms with van der Waals surface area (Å²) in [6.07, 6.45) is -0.670. The van der Waals surface area contributed by atoms with Crippen LogP contribution in [0, 0.1) is 0 Å². The predicted octanol–water partition coefficient (Wildman–Crippen LogP) is 4.57. The molecule has 0 aliphatic rings. The Balaban J connectivity index is 1.80. The number of carboxylic acid groups (broad SMARTS) is 1. The molecule has 0 aliphatic carbocycles. The van der Waals surface area contributed by atoms with Crippen LogP contribution in [-0.2, 0) is 11.2 Å². The smallest absolute Gasteiger partial charge is 0.345 e. The van der Waals surface area contributed by atoms with E-state index in [4.69, 9.17) is 16.3 Å². The molecule has 3 rings (SSSR count). The largest absolute Gasteiger partial charge is 0.478 e. The van der Waals surface area contributed by atoms with Crippen molar-refractivity contribution < 1.29 is 14.6 Å². The van der Waals surface area contributed by atoms with Gasteiger partial charge in [0.05, 0.1) is 0 Å². The average Bonchev–Trinajstić information content (AvgIpc) is 2.56. The second kappa shape index (κ2) is 6.71. The minimum atomic E-state index is -0.992. The molecule has 116 valence electrons. The third-order valence-electron chi connectivity index (χ3n) is 3.61. The van der Waals surface area contributed by atoms with Crippen LogP contribution < -0.4 is 4.74 Å². The highest BCUT2D eigenvalue weighted by atomic mass is 35.5. The Bertz CT molecular complexity index is 827. The average molecular weight is 327 g/mol. The van der Waals surface area contributed by atoms with E-state index in [1.165, 1.54) is 0 Å². The van der Waals surface area contributed by atoms with Gasteiger partial charge in [0.2, 0.25) is 0 Å².